The smallest absolute Gasteiger partial charge is 0.325 e. The number of nitrogens with zero attached hydrogens (tertiary/aromatic N) is 1. The number of carbonyl (C=O) groups is 6. The minimum Gasteiger partial charge on any atom is -0.460 e. The fraction of sp³-hybridized carbons (Fsp3) is 0.838. The van der Waals surface area contributed by atoms with E-state index in [9.17, 15) is 33.9 Å². The number of esters is 1. The normalized spacial score (nSPS) is 16.1. The number of primary amides is 1. The highest BCUT2D eigenvalue weighted by atomic mass is 16.5. The van der Waals surface area contributed by atoms with Gasteiger partial charge in [-0.2, -0.15) is 0 Å². The Morgan fingerprint density at radius 2 is 1.35 bits per heavy atom. The second kappa shape index (κ2) is 25.7. The highest BCUT2D eigenvalue weighted by Gasteiger charge is 2.37. The first-order valence-electron chi connectivity index (χ1n) is 18.9. The van der Waals surface area contributed by atoms with Gasteiger partial charge in [0.1, 0.15) is 30.8 Å². The molecular formula is C37H70N6O8. The maximum atomic E-state index is 14.0. The minimum absolute atomic E-state index is 0.00254. The van der Waals surface area contributed by atoms with E-state index < -0.39 is 84.2 Å². The molecule has 0 spiro atoms. The number of ether oxygens (including phenoxy) is 1. The van der Waals surface area contributed by atoms with Gasteiger partial charge in [0.15, 0.2) is 0 Å². The van der Waals surface area contributed by atoms with Crippen LogP contribution in [0.3, 0.4) is 0 Å². The van der Waals surface area contributed by atoms with Gasteiger partial charge in [-0.3, -0.25) is 28.8 Å². The molecule has 296 valence electrons. The van der Waals surface area contributed by atoms with Crippen LogP contribution in [0.1, 0.15) is 126 Å². The number of aliphatic hydroxyl groups excluding tert-OH is 1. The van der Waals surface area contributed by atoms with E-state index in [1.54, 1.807) is 20.8 Å². The molecule has 0 unspecified atom stereocenters. The molecule has 0 fully saturated rings. The molecule has 8 atom stereocenters. The zero-order chi connectivity index (χ0) is 39.3. The molecule has 0 aromatic carbocycles. The van der Waals surface area contributed by atoms with Gasteiger partial charge in [-0.15, -0.1) is 0 Å². The van der Waals surface area contributed by atoms with Crippen LogP contribution in [0.15, 0.2) is 0 Å². The van der Waals surface area contributed by atoms with Gasteiger partial charge < -0.3 is 42.2 Å². The number of hydrogen-bond acceptors (Lipinski definition) is 9. The quantitative estimate of drug-likeness (QED) is 0.0540. The van der Waals surface area contributed by atoms with E-state index in [1.807, 2.05) is 20.8 Å². The Morgan fingerprint density at radius 3 is 1.84 bits per heavy atom. The first kappa shape index (κ1) is 47.7. The second-order valence-electron chi connectivity index (χ2n) is 14.5. The Balaban J connectivity index is 6.04. The van der Waals surface area contributed by atoms with E-state index in [2.05, 4.69) is 22.9 Å². The summed E-state index contributed by atoms with van der Waals surface area (Å²) < 4.78 is 5.80. The lowest BCUT2D eigenvalue weighted by atomic mass is 9.94. The molecule has 0 heterocycles. The maximum absolute atomic E-state index is 14.0. The van der Waals surface area contributed by atoms with Crippen molar-refractivity contribution < 1.29 is 38.6 Å². The summed E-state index contributed by atoms with van der Waals surface area (Å²) in [6, 6.07) is -3.08. The van der Waals surface area contributed by atoms with E-state index in [1.165, 1.54) is 38.1 Å². The molecule has 0 aliphatic carbocycles. The third-order valence-electron chi connectivity index (χ3n) is 9.62. The number of rotatable bonds is 27. The Hall–Kier alpha value is -3.26. The zero-order valence-corrected chi connectivity index (χ0v) is 32.8. The van der Waals surface area contributed by atoms with Crippen LogP contribution < -0.4 is 27.4 Å². The highest BCUT2D eigenvalue weighted by molar-refractivity contribution is 5.94. The number of unbranched alkanes of at least 4 members (excludes halogenated alkanes) is 7. The molecule has 0 rings (SSSR count). The fourth-order valence-corrected chi connectivity index (χ4v) is 5.62. The van der Waals surface area contributed by atoms with Gasteiger partial charge in [0.2, 0.25) is 29.5 Å². The van der Waals surface area contributed by atoms with E-state index >= 15 is 0 Å². The molecule has 51 heavy (non-hydrogen) atoms. The van der Waals surface area contributed by atoms with E-state index in [0.29, 0.717) is 19.3 Å². The number of aliphatic hydroxyl groups is 1. The zero-order valence-electron chi connectivity index (χ0n) is 32.8. The van der Waals surface area contributed by atoms with Crippen molar-refractivity contribution in [3.8, 4) is 0 Å². The average molecular weight is 727 g/mol. The average Bonchev–Trinajstić information content (AvgIpc) is 3.08. The van der Waals surface area contributed by atoms with Gasteiger partial charge in [0.05, 0.1) is 17.9 Å². The maximum Gasteiger partial charge on any atom is 0.325 e. The molecule has 0 saturated heterocycles. The van der Waals surface area contributed by atoms with Crippen LogP contribution in [0.2, 0.25) is 0 Å². The molecule has 0 aliphatic heterocycles. The Bertz CT molecular complexity index is 1090. The summed E-state index contributed by atoms with van der Waals surface area (Å²) in [5.41, 5.74) is 11.0. The van der Waals surface area contributed by atoms with Crippen molar-refractivity contribution >= 4 is 35.5 Å². The van der Waals surface area contributed by atoms with Crippen LogP contribution >= 0.6 is 0 Å². The van der Waals surface area contributed by atoms with Crippen molar-refractivity contribution in [2.45, 2.75) is 156 Å². The largest absolute Gasteiger partial charge is 0.460 e. The molecule has 0 saturated carbocycles. The molecule has 14 nitrogen and oxygen atoms in total. The number of likely N-dealkylation sites (N-methyl/N-ethyl adjacent to an activating group) is 1. The molecule has 0 aromatic rings. The molecule has 0 radical (unpaired) electrons. The van der Waals surface area contributed by atoms with Gasteiger partial charge in [-0.05, 0) is 38.0 Å². The van der Waals surface area contributed by atoms with Gasteiger partial charge in [0, 0.05) is 13.6 Å². The minimum atomic E-state index is -1.10. The van der Waals surface area contributed by atoms with Gasteiger partial charge in [0.25, 0.3) is 0 Å². The molecule has 0 aromatic heterocycles. The first-order chi connectivity index (χ1) is 23.9. The predicted molar refractivity (Wildman–Crippen MR) is 198 cm³/mol. The number of nitrogens with one attached hydrogen (secondary N) is 3. The Morgan fingerprint density at radius 1 is 0.784 bits per heavy atom. The Labute approximate surface area is 306 Å². The Kier molecular flexibility index (Phi) is 24.0. The van der Waals surface area contributed by atoms with Gasteiger partial charge in [-0.1, -0.05) is 99.8 Å². The SMILES string of the molecule is CCCCCCCCCC[C@@H](OC(=O)CNC(=O)[C@@H](C)[C@H](C)O)[C@@H](C)C(=O)N(C)[C@@H](CC(C)C)C(=O)N[C@H](C(=O)N[C@@H](CN)C(N)=O)[C@@H](C)CC. The van der Waals surface area contributed by atoms with Crippen LogP contribution in [0.4, 0.5) is 0 Å². The number of hydrogen-bond donors (Lipinski definition) is 6. The molecule has 0 aliphatic rings. The van der Waals surface area contributed by atoms with Crippen molar-refractivity contribution in [2.24, 2.45) is 35.1 Å². The number of carbonyl (C=O) groups excluding carboxylic acids is 6. The van der Waals surface area contributed by atoms with Crippen LogP contribution in [0, 0.1) is 23.7 Å². The monoisotopic (exact) mass is 727 g/mol. The summed E-state index contributed by atoms with van der Waals surface area (Å²) in [7, 11) is 1.52. The van der Waals surface area contributed by atoms with Crippen LogP contribution in [0.5, 0.6) is 0 Å². The lowest BCUT2D eigenvalue weighted by Gasteiger charge is -2.34. The van der Waals surface area contributed by atoms with E-state index in [-0.39, 0.29) is 18.4 Å². The number of nitrogens with two attached hydrogens (primary N) is 2. The lowest BCUT2D eigenvalue weighted by Crippen LogP contribution is -2.60. The van der Waals surface area contributed by atoms with Crippen molar-refractivity contribution in [3.63, 3.8) is 0 Å². The summed E-state index contributed by atoms with van der Waals surface area (Å²) in [6.45, 7) is 13.7. The summed E-state index contributed by atoms with van der Waals surface area (Å²) in [4.78, 5) is 79.5. The standard InChI is InChI=1S/C37H70N6O8/c1-10-12-13-14-15-16-17-18-19-30(51-31(45)22-40-34(47)25(6)27(8)44)26(7)37(50)43(9)29(20-23(3)4)35(48)42-32(24(5)11-2)36(49)41-28(21-38)33(39)46/h23-30,32,44H,10-22,38H2,1-9H3,(H2,39,46)(H,40,47)(H,41,49)(H,42,48)/t24-,25-,26+,27-,28-,29-,30+,32-/m0/s1. The summed E-state index contributed by atoms with van der Waals surface area (Å²) in [6.07, 6.45) is 8.01. The predicted octanol–water partition coefficient (Wildman–Crippen LogP) is 2.53. The van der Waals surface area contributed by atoms with Gasteiger partial charge >= 0.3 is 5.97 Å². The second-order valence-corrected chi connectivity index (χ2v) is 14.5. The molecule has 5 amide bonds. The third kappa shape index (κ3) is 18.2. The highest BCUT2D eigenvalue weighted by Crippen LogP contribution is 2.22. The van der Waals surface area contributed by atoms with Crippen molar-refractivity contribution in [2.75, 3.05) is 20.1 Å². The summed E-state index contributed by atoms with van der Waals surface area (Å²) in [5, 5.41) is 17.5. The molecule has 0 bridgehead atoms. The van der Waals surface area contributed by atoms with E-state index in [4.69, 9.17) is 16.2 Å². The number of amides is 5. The lowest BCUT2D eigenvalue weighted by molar-refractivity contribution is -0.158. The third-order valence-corrected chi connectivity index (χ3v) is 9.62. The summed E-state index contributed by atoms with van der Waals surface area (Å²) in [5.74, 6) is -5.43. The van der Waals surface area contributed by atoms with Gasteiger partial charge in [-0.25, -0.2) is 0 Å². The topological polar surface area (TPSA) is 223 Å². The molecule has 14 heteroatoms. The molecular weight excluding hydrogens is 656 g/mol. The van der Waals surface area contributed by atoms with Crippen molar-refractivity contribution in [3.05, 3.63) is 0 Å². The fourth-order valence-electron chi connectivity index (χ4n) is 5.62. The molecule has 8 N–H and O–H groups in total. The van der Waals surface area contributed by atoms with E-state index in [0.717, 1.165) is 32.1 Å². The van der Waals surface area contributed by atoms with Crippen molar-refractivity contribution in [1.29, 1.82) is 0 Å². The first-order valence-corrected chi connectivity index (χ1v) is 18.9. The van der Waals surface area contributed by atoms with Crippen molar-refractivity contribution in [1.82, 2.24) is 20.9 Å². The van der Waals surface area contributed by atoms with Crippen LogP contribution in [-0.2, 0) is 33.5 Å². The summed E-state index contributed by atoms with van der Waals surface area (Å²) >= 11 is 0. The van der Waals surface area contributed by atoms with Crippen LogP contribution in [-0.4, -0.2) is 96.0 Å². The van der Waals surface area contributed by atoms with Crippen LogP contribution in [0.25, 0.3) is 0 Å².